The van der Waals surface area contributed by atoms with Crippen LogP contribution in [-0.2, 0) is 4.74 Å². The van der Waals surface area contributed by atoms with E-state index < -0.39 is 0 Å². The molecule has 0 aliphatic carbocycles. The molecule has 1 atom stereocenters. The fraction of sp³-hybridized carbons (Fsp3) is 1.00. The average molecular weight is 161 g/mol. The largest absolute Gasteiger partial charge is 0.396 e. The van der Waals surface area contributed by atoms with E-state index in [0.717, 1.165) is 19.6 Å². The zero-order valence-electron chi connectivity index (χ0n) is 7.47. The molecule has 2 N–H and O–H groups in total. The number of hydrogen-bond donors (Lipinski definition) is 2. The van der Waals surface area contributed by atoms with Gasteiger partial charge in [0.25, 0.3) is 0 Å². The normalized spacial score (nSPS) is 13.4. The monoisotopic (exact) mass is 161 g/mol. The summed E-state index contributed by atoms with van der Waals surface area (Å²) in [5.74, 6) is 0. The third-order valence-corrected chi connectivity index (χ3v) is 1.49. The van der Waals surface area contributed by atoms with Gasteiger partial charge >= 0.3 is 0 Å². The van der Waals surface area contributed by atoms with Crippen molar-refractivity contribution < 1.29 is 9.84 Å². The molecular formula is C8H19NO2. The van der Waals surface area contributed by atoms with Crippen LogP contribution in [0.1, 0.15) is 20.3 Å². The lowest BCUT2D eigenvalue weighted by Gasteiger charge is -2.15. The zero-order valence-corrected chi connectivity index (χ0v) is 7.47. The van der Waals surface area contributed by atoms with Gasteiger partial charge in [-0.1, -0.05) is 6.92 Å². The average Bonchev–Trinajstić information content (AvgIpc) is 2.01. The van der Waals surface area contributed by atoms with Gasteiger partial charge in [0, 0.05) is 19.3 Å². The highest BCUT2D eigenvalue weighted by molar-refractivity contribution is 4.63. The quantitative estimate of drug-likeness (QED) is 0.567. The van der Waals surface area contributed by atoms with Gasteiger partial charge in [-0.05, 0) is 19.9 Å². The molecule has 0 rings (SSSR count). The van der Waals surface area contributed by atoms with Crippen LogP contribution in [0.25, 0.3) is 0 Å². The van der Waals surface area contributed by atoms with E-state index >= 15 is 0 Å². The summed E-state index contributed by atoms with van der Waals surface area (Å²) in [5.41, 5.74) is 0. The SMILES string of the molecule is CCNC(CCO)COCC. The van der Waals surface area contributed by atoms with Crippen LogP contribution in [0.3, 0.4) is 0 Å². The first-order valence-corrected chi connectivity index (χ1v) is 4.27. The van der Waals surface area contributed by atoms with E-state index in [1.54, 1.807) is 0 Å². The molecule has 0 fully saturated rings. The molecule has 0 aliphatic heterocycles. The molecule has 0 aromatic carbocycles. The Balaban J connectivity index is 3.34. The van der Waals surface area contributed by atoms with Crippen molar-refractivity contribution in [1.29, 1.82) is 0 Å². The Labute approximate surface area is 68.8 Å². The summed E-state index contributed by atoms with van der Waals surface area (Å²) in [5, 5.41) is 11.9. The molecule has 3 heteroatoms. The van der Waals surface area contributed by atoms with Crippen molar-refractivity contribution in [1.82, 2.24) is 5.32 Å². The van der Waals surface area contributed by atoms with E-state index in [-0.39, 0.29) is 6.61 Å². The van der Waals surface area contributed by atoms with Crippen molar-refractivity contribution in [3.63, 3.8) is 0 Å². The minimum Gasteiger partial charge on any atom is -0.396 e. The lowest BCUT2D eigenvalue weighted by Crippen LogP contribution is -2.34. The summed E-state index contributed by atoms with van der Waals surface area (Å²) >= 11 is 0. The Morgan fingerprint density at radius 1 is 1.45 bits per heavy atom. The molecule has 0 bridgehead atoms. The van der Waals surface area contributed by atoms with Gasteiger partial charge in [0.1, 0.15) is 0 Å². The van der Waals surface area contributed by atoms with Crippen LogP contribution in [-0.4, -0.2) is 37.5 Å². The van der Waals surface area contributed by atoms with E-state index in [4.69, 9.17) is 9.84 Å². The Kier molecular flexibility index (Phi) is 7.89. The molecule has 0 saturated carbocycles. The van der Waals surface area contributed by atoms with Crippen molar-refractivity contribution >= 4 is 0 Å². The molecule has 0 amide bonds. The van der Waals surface area contributed by atoms with Crippen LogP contribution in [0, 0.1) is 0 Å². The molecule has 0 spiro atoms. The van der Waals surface area contributed by atoms with E-state index in [0.29, 0.717) is 12.6 Å². The highest BCUT2D eigenvalue weighted by Gasteiger charge is 2.04. The van der Waals surface area contributed by atoms with Crippen LogP contribution in [0.5, 0.6) is 0 Å². The Morgan fingerprint density at radius 3 is 2.64 bits per heavy atom. The molecule has 0 aliphatic rings. The summed E-state index contributed by atoms with van der Waals surface area (Å²) in [6.45, 7) is 6.62. The number of hydrogen-bond acceptors (Lipinski definition) is 3. The number of aliphatic hydroxyl groups is 1. The van der Waals surface area contributed by atoms with Crippen molar-refractivity contribution in [2.75, 3.05) is 26.4 Å². The Bertz CT molecular complexity index is 72.5. The van der Waals surface area contributed by atoms with Gasteiger partial charge in [-0.15, -0.1) is 0 Å². The van der Waals surface area contributed by atoms with Crippen molar-refractivity contribution in [3.05, 3.63) is 0 Å². The molecule has 1 unspecified atom stereocenters. The third kappa shape index (κ3) is 6.28. The number of likely N-dealkylation sites (N-methyl/N-ethyl adjacent to an activating group) is 1. The molecule has 0 aromatic rings. The minimum atomic E-state index is 0.227. The standard InChI is InChI=1S/C8H19NO2/c1-3-9-8(5-6-10)7-11-4-2/h8-10H,3-7H2,1-2H3. The Hall–Kier alpha value is -0.120. The predicted molar refractivity (Wildman–Crippen MR) is 45.7 cm³/mol. The molecule has 0 heterocycles. The van der Waals surface area contributed by atoms with Gasteiger partial charge in [-0.25, -0.2) is 0 Å². The van der Waals surface area contributed by atoms with E-state index in [2.05, 4.69) is 12.2 Å². The predicted octanol–water partition coefficient (Wildman–Crippen LogP) is 0.383. The molecule has 68 valence electrons. The van der Waals surface area contributed by atoms with Gasteiger partial charge in [-0.2, -0.15) is 0 Å². The van der Waals surface area contributed by atoms with Gasteiger partial charge in [0.2, 0.25) is 0 Å². The summed E-state index contributed by atoms with van der Waals surface area (Å²) in [6, 6.07) is 0.310. The van der Waals surface area contributed by atoms with Gasteiger partial charge in [0.05, 0.1) is 6.61 Å². The van der Waals surface area contributed by atoms with Crippen molar-refractivity contribution in [3.8, 4) is 0 Å². The van der Waals surface area contributed by atoms with Gasteiger partial charge in [-0.3, -0.25) is 0 Å². The number of nitrogens with one attached hydrogen (secondary N) is 1. The number of rotatable bonds is 7. The van der Waals surface area contributed by atoms with Gasteiger partial charge in [0.15, 0.2) is 0 Å². The maximum absolute atomic E-state index is 8.67. The van der Waals surface area contributed by atoms with Crippen LogP contribution in [0.4, 0.5) is 0 Å². The summed E-state index contributed by atoms with van der Waals surface area (Å²) in [7, 11) is 0. The molecule has 0 saturated heterocycles. The van der Waals surface area contributed by atoms with Crippen LogP contribution >= 0.6 is 0 Å². The second-order valence-corrected chi connectivity index (χ2v) is 2.43. The van der Waals surface area contributed by atoms with Crippen LogP contribution in [0.2, 0.25) is 0 Å². The fourth-order valence-corrected chi connectivity index (χ4v) is 0.949. The third-order valence-electron chi connectivity index (χ3n) is 1.49. The maximum atomic E-state index is 8.67. The topological polar surface area (TPSA) is 41.5 Å². The number of ether oxygens (including phenoxy) is 1. The molecule has 0 radical (unpaired) electrons. The number of aliphatic hydroxyl groups excluding tert-OH is 1. The molecule has 3 nitrogen and oxygen atoms in total. The second kappa shape index (κ2) is 7.98. The van der Waals surface area contributed by atoms with E-state index in [1.165, 1.54) is 0 Å². The highest BCUT2D eigenvalue weighted by Crippen LogP contribution is 1.91. The smallest absolute Gasteiger partial charge is 0.0620 e. The first-order valence-electron chi connectivity index (χ1n) is 4.27. The first-order chi connectivity index (χ1) is 5.35. The highest BCUT2D eigenvalue weighted by atomic mass is 16.5. The molecule has 11 heavy (non-hydrogen) atoms. The van der Waals surface area contributed by atoms with Crippen LogP contribution in [0.15, 0.2) is 0 Å². The summed E-state index contributed by atoms with van der Waals surface area (Å²) < 4.78 is 5.23. The van der Waals surface area contributed by atoms with Crippen molar-refractivity contribution in [2.24, 2.45) is 0 Å². The van der Waals surface area contributed by atoms with E-state index in [1.807, 2.05) is 6.92 Å². The summed E-state index contributed by atoms with van der Waals surface area (Å²) in [4.78, 5) is 0. The maximum Gasteiger partial charge on any atom is 0.0620 e. The van der Waals surface area contributed by atoms with Gasteiger partial charge < -0.3 is 15.2 Å². The van der Waals surface area contributed by atoms with Crippen LogP contribution < -0.4 is 5.32 Å². The molecular weight excluding hydrogens is 142 g/mol. The lowest BCUT2D eigenvalue weighted by atomic mass is 10.2. The minimum absolute atomic E-state index is 0.227. The fourth-order valence-electron chi connectivity index (χ4n) is 0.949. The zero-order chi connectivity index (χ0) is 8.53. The second-order valence-electron chi connectivity index (χ2n) is 2.43. The van der Waals surface area contributed by atoms with E-state index in [9.17, 15) is 0 Å². The molecule has 0 aromatic heterocycles. The Morgan fingerprint density at radius 2 is 2.18 bits per heavy atom. The van der Waals surface area contributed by atoms with Crippen molar-refractivity contribution in [2.45, 2.75) is 26.3 Å². The summed E-state index contributed by atoms with van der Waals surface area (Å²) in [6.07, 6.45) is 0.772. The first kappa shape index (κ1) is 10.9. The lowest BCUT2D eigenvalue weighted by molar-refractivity contribution is 0.112.